The van der Waals surface area contributed by atoms with Crippen molar-refractivity contribution >= 4 is 17.5 Å². The van der Waals surface area contributed by atoms with Crippen LogP contribution in [0.3, 0.4) is 0 Å². The molecule has 1 saturated carbocycles. The molecule has 1 N–H and O–H groups in total. The number of rotatable bonds is 9. The first-order valence-corrected chi connectivity index (χ1v) is 13.6. The van der Waals surface area contributed by atoms with E-state index in [4.69, 9.17) is 8.42 Å². The van der Waals surface area contributed by atoms with Crippen molar-refractivity contribution in [3.63, 3.8) is 0 Å². The third kappa shape index (κ3) is 8.55. The lowest BCUT2D eigenvalue weighted by atomic mass is 9.83. The maximum atomic E-state index is 13.4. The second-order valence-corrected chi connectivity index (χ2v) is 10.8. The molecule has 0 saturated heterocycles. The molecule has 224 valence electrons. The molecule has 0 spiro atoms. The molecule has 8 nitrogen and oxygen atoms in total. The van der Waals surface area contributed by atoms with Crippen molar-refractivity contribution in [2.24, 2.45) is 17.3 Å². The largest absolute Gasteiger partial charge is 0.416 e. The predicted molar refractivity (Wildman–Crippen MR) is 138 cm³/mol. The van der Waals surface area contributed by atoms with Gasteiger partial charge in [-0.1, -0.05) is 33.6 Å². The Hall–Kier alpha value is -2.90. The second-order valence-electron chi connectivity index (χ2n) is 10.6. The van der Waals surface area contributed by atoms with Crippen LogP contribution in [0.5, 0.6) is 5.88 Å². The number of ether oxygens (including phenoxy) is 1. The minimum atomic E-state index is -4.51. The van der Waals surface area contributed by atoms with Gasteiger partial charge in [-0.3, -0.25) is 9.48 Å². The standard InChI is InChI=1S/C26H35F5N4O2.O2S/c1-6-35-21(16(3)20(34-35)22(36)32-14-17-9-7-15(2)8-10-17)19-12-11-18(33-23(19)37-24(27)28)13-25(4,5)26(29,30)31;1-3-2/h11-12,15,17,24H,6-10,13-14H2,1-5H3,(H,32,36);. The minimum Gasteiger partial charge on any atom is -0.416 e. The summed E-state index contributed by atoms with van der Waals surface area (Å²) in [6.07, 6.45) is -0.670. The summed E-state index contributed by atoms with van der Waals surface area (Å²) in [6, 6.07) is 2.75. The molecule has 2 heterocycles. The normalized spacial score (nSPS) is 17.7. The average molecular weight is 595 g/mol. The molecule has 0 aromatic carbocycles. The van der Waals surface area contributed by atoms with E-state index >= 15 is 0 Å². The van der Waals surface area contributed by atoms with Gasteiger partial charge in [-0.2, -0.15) is 35.5 Å². The quantitative estimate of drug-likeness (QED) is 0.363. The summed E-state index contributed by atoms with van der Waals surface area (Å²) in [5, 5.41) is 7.35. The van der Waals surface area contributed by atoms with E-state index in [1.165, 1.54) is 16.8 Å². The van der Waals surface area contributed by atoms with E-state index in [9.17, 15) is 26.7 Å². The molecule has 0 radical (unpaired) electrons. The Morgan fingerprint density at radius 1 is 1.18 bits per heavy atom. The smallest absolute Gasteiger partial charge is 0.394 e. The van der Waals surface area contributed by atoms with Crippen LogP contribution >= 0.6 is 0 Å². The first-order valence-electron chi connectivity index (χ1n) is 12.9. The van der Waals surface area contributed by atoms with Crippen LogP contribution in [-0.2, 0) is 24.5 Å². The minimum absolute atomic E-state index is 0.0401. The van der Waals surface area contributed by atoms with E-state index in [2.05, 4.69) is 27.1 Å². The summed E-state index contributed by atoms with van der Waals surface area (Å²) in [4.78, 5) is 17.0. The van der Waals surface area contributed by atoms with Crippen LogP contribution in [0.1, 0.15) is 75.1 Å². The Morgan fingerprint density at radius 3 is 2.30 bits per heavy atom. The van der Waals surface area contributed by atoms with Gasteiger partial charge in [0.15, 0.2) is 5.69 Å². The van der Waals surface area contributed by atoms with Gasteiger partial charge >= 0.3 is 24.4 Å². The van der Waals surface area contributed by atoms with Gasteiger partial charge in [0.05, 0.1) is 16.7 Å². The number of carbonyl (C=O) groups excluding carboxylic acids is 1. The van der Waals surface area contributed by atoms with Crippen LogP contribution in [0, 0.1) is 24.2 Å². The van der Waals surface area contributed by atoms with Crippen molar-refractivity contribution < 1.29 is 39.9 Å². The van der Waals surface area contributed by atoms with Crippen LogP contribution in [0.25, 0.3) is 11.3 Å². The van der Waals surface area contributed by atoms with Crippen molar-refractivity contribution in [3.8, 4) is 17.1 Å². The highest BCUT2D eigenvalue weighted by molar-refractivity contribution is 7.51. The van der Waals surface area contributed by atoms with Gasteiger partial charge in [0, 0.05) is 30.8 Å². The number of halogens is 5. The zero-order valence-electron chi connectivity index (χ0n) is 23.1. The number of amides is 1. The van der Waals surface area contributed by atoms with Crippen molar-refractivity contribution in [1.82, 2.24) is 20.1 Å². The number of hydrogen-bond donors (Lipinski definition) is 1. The maximum Gasteiger partial charge on any atom is 0.394 e. The molecule has 1 fully saturated rings. The second kappa shape index (κ2) is 14.1. The van der Waals surface area contributed by atoms with Crippen LogP contribution in [0.15, 0.2) is 12.1 Å². The van der Waals surface area contributed by atoms with Gasteiger partial charge in [-0.15, -0.1) is 0 Å². The van der Waals surface area contributed by atoms with E-state index < -0.39 is 42.1 Å². The van der Waals surface area contributed by atoms with Gasteiger partial charge in [0.25, 0.3) is 5.91 Å². The number of carbonyl (C=O) groups is 1. The SMILES string of the molecule is CCn1nc(C(=O)NCC2CCC(C)CC2)c(C)c1-c1ccc(CC(C)(C)C(F)(F)F)nc1OC(F)F.O=S=O. The van der Waals surface area contributed by atoms with Gasteiger partial charge in [-0.25, -0.2) is 4.98 Å². The summed E-state index contributed by atoms with van der Waals surface area (Å²) < 4.78 is 89.4. The molecule has 0 unspecified atom stereocenters. The molecule has 1 amide bonds. The molecule has 0 atom stereocenters. The summed E-state index contributed by atoms with van der Waals surface area (Å²) in [6.45, 7) is 5.31. The number of nitrogens with one attached hydrogen (secondary N) is 1. The first-order chi connectivity index (χ1) is 18.6. The molecule has 2 aromatic rings. The van der Waals surface area contributed by atoms with E-state index in [1.807, 2.05) is 0 Å². The van der Waals surface area contributed by atoms with Crippen molar-refractivity contribution in [3.05, 3.63) is 29.1 Å². The van der Waals surface area contributed by atoms with Gasteiger partial charge in [-0.05, 0) is 50.7 Å². The summed E-state index contributed by atoms with van der Waals surface area (Å²) in [5.74, 6) is 0.224. The molecule has 0 bridgehead atoms. The van der Waals surface area contributed by atoms with E-state index in [-0.39, 0.29) is 22.9 Å². The summed E-state index contributed by atoms with van der Waals surface area (Å²) in [7, 11) is 0. The zero-order valence-corrected chi connectivity index (χ0v) is 23.9. The number of hydrogen-bond acceptors (Lipinski definition) is 6. The van der Waals surface area contributed by atoms with Crippen LogP contribution in [0.2, 0.25) is 0 Å². The molecule has 2 aromatic heterocycles. The van der Waals surface area contributed by atoms with Gasteiger partial charge in [0.1, 0.15) is 0 Å². The summed E-state index contributed by atoms with van der Waals surface area (Å²) in [5.41, 5.74) is -1.08. The lowest BCUT2D eigenvalue weighted by Crippen LogP contribution is -2.34. The fourth-order valence-corrected chi connectivity index (χ4v) is 4.68. The predicted octanol–water partition coefficient (Wildman–Crippen LogP) is 5.89. The van der Waals surface area contributed by atoms with Gasteiger partial charge in [0.2, 0.25) is 5.88 Å². The maximum absolute atomic E-state index is 13.4. The zero-order chi connectivity index (χ0) is 30.3. The Morgan fingerprint density at radius 2 is 1.77 bits per heavy atom. The monoisotopic (exact) mass is 594 g/mol. The lowest BCUT2D eigenvalue weighted by molar-refractivity contribution is -0.211. The number of aryl methyl sites for hydroxylation is 1. The van der Waals surface area contributed by atoms with Gasteiger partial charge < -0.3 is 10.1 Å². The first kappa shape index (κ1) is 33.3. The van der Waals surface area contributed by atoms with E-state index in [0.717, 1.165) is 39.5 Å². The fraction of sp³-hybridized carbons (Fsp3) is 0.654. The number of aromatic nitrogens is 3. The van der Waals surface area contributed by atoms with Crippen LogP contribution in [0.4, 0.5) is 22.0 Å². The molecule has 1 aliphatic rings. The molecule has 3 rings (SSSR count). The van der Waals surface area contributed by atoms with Crippen molar-refractivity contribution in [2.45, 2.75) is 86.1 Å². The van der Waals surface area contributed by atoms with Crippen LogP contribution in [-0.4, -0.2) is 48.4 Å². The van der Waals surface area contributed by atoms with E-state index in [1.54, 1.807) is 13.8 Å². The highest BCUT2D eigenvalue weighted by Crippen LogP contribution is 2.41. The topological polar surface area (TPSA) is 103 Å². The Labute approximate surface area is 233 Å². The van der Waals surface area contributed by atoms with Crippen LogP contribution < -0.4 is 10.1 Å². The van der Waals surface area contributed by atoms with Crippen molar-refractivity contribution in [2.75, 3.05) is 6.54 Å². The molecule has 0 aliphatic heterocycles. The summed E-state index contributed by atoms with van der Waals surface area (Å²) >= 11 is -0.750. The molecular formula is C26H35F5N4O4S. The highest BCUT2D eigenvalue weighted by Gasteiger charge is 2.47. The third-order valence-corrected chi connectivity index (χ3v) is 7.15. The number of alkyl halides is 5. The highest BCUT2D eigenvalue weighted by atomic mass is 32.1. The average Bonchev–Trinajstić information content (AvgIpc) is 3.19. The number of pyridine rings is 1. The molecular weight excluding hydrogens is 559 g/mol. The Kier molecular flexibility index (Phi) is 11.8. The molecule has 1 aliphatic carbocycles. The third-order valence-electron chi connectivity index (χ3n) is 7.15. The molecule has 14 heteroatoms. The molecule has 40 heavy (non-hydrogen) atoms. The Bertz CT molecular complexity index is 1190. The number of nitrogens with zero attached hydrogens (tertiary/aromatic N) is 3. The lowest BCUT2D eigenvalue weighted by Gasteiger charge is -2.27. The fourth-order valence-electron chi connectivity index (χ4n) is 4.68. The van der Waals surface area contributed by atoms with Crippen molar-refractivity contribution in [1.29, 1.82) is 0 Å². The Balaban J connectivity index is 0.00000178. The van der Waals surface area contributed by atoms with E-state index in [0.29, 0.717) is 36.2 Å².